The predicted molar refractivity (Wildman–Crippen MR) is 68.8 cm³/mol. The third-order valence-electron chi connectivity index (χ3n) is 3.41. The smallest absolute Gasteiger partial charge is 0.378 e. The minimum atomic E-state index is -0.613. The van der Waals surface area contributed by atoms with Gasteiger partial charge in [0, 0.05) is 13.1 Å². The maximum Gasteiger partial charge on any atom is 0.378 e. The second-order valence-electron chi connectivity index (χ2n) is 4.94. The molecule has 20 heavy (non-hydrogen) atoms. The molecule has 1 aromatic heterocycles. The van der Waals surface area contributed by atoms with E-state index in [1.54, 1.807) is 11.8 Å². The number of likely N-dealkylation sites (tertiary alicyclic amines) is 1. The Morgan fingerprint density at radius 3 is 2.70 bits per heavy atom. The summed E-state index contributed by atoms with van der Waals surface area (Å²) in [5, 5.41) is 10.7. The molecule has 0 bridgehead atoms. The highest BCUT2D eigenvalue weighted by Crippen LogP contribution is 2.16. The molecule has 1 aromatic rings. The fourth-order valence-electron chi connectivity index (χ4n) is 2.14. The first-order chi connectivity index (χ1) is 9.61. The van der Waals surface area contributed by atoms with Gasteiger partial charge in [0.2, 0.25) is 5.91 Å². The van der Waals surface area contributed by atoms with E-state index in [1.807, 2.05) is 0 Å². The van der Waals surface area contributed by atoms with Crippen LogP contribution in [-0.4, -0.2) is 56.7 Å². The van der Waals surface area contributed by atoms with Gasteiger partial charge in [-0.25, -0.2) is 9.48 Å². The van der Waals surface area contributed by atoms with Gasteiger partial charge < -0.3 is 9.64 Å². The van der Waals surface area contributed by atoms with Crippen LogP contribution in [0.4, 0.5) is 0 Å². The molecule has 0 radical (unpaired) electrons. The number of hydrogen-bond acceptors (Lipinski definition) is 6. The van der Waals surface area contributed by atoms with Crippen molar-refractivity contribution in [1.29, 1.82) is 0 Å². The van der Waals surface area contributed by atoms with Crippen molar-refractivity contribution in [2.45, 2.75) is 33.2 Å². The summed E-state index contributed by atoms with van der Waals surface area (Å²) in [6, 6.07) is 0. The van der Waals surface area contributed by atoms with E-state index >= 15 is 0 Å². The van der Waals surface area contributed by atoms with Gasteiger partial charge in [0.1, 0.15) is 6.54 Å². The number of carbonyl (C=O) groups is 2. The molecule has 1 amide bonds. The molecule has 0 saturated carbocycles. The Bertz CT molecular complexity index is 479. The van der Waals surface area contributed by atoms with Crippen LogP contribution in [0.25, 0.3) is 0 Å². The zero-order valence-electron chi connectivity index (χ0n) is 11.8. The van der Waals surface area contributed by atoms with E-state index in [2.05, 4.69) is 22.4 Å². The van der Waals surface area contributed by atoms with Crippen molar-refractivity contribution < 1.29 is 14.3 Å². The van der Waals surface area contributed by atoms with E-state index in [4.69, 9.17) is 4.74 Å². The molecule has 2 rings (SSSR count). The van der Waals surface area contributed by atoms with Gasteiger partial charge in [-0.15, -0.1) is 5.10 Å². The van der Waals surface area contributed by atoms with Gasteiger partial charge in [-0.3, -0.25) is 4.79 Å². The second kappa shape index (κ2) is 6.44. The molecule has 1 aliphatic heterocycles. The summed E-state index contributed by atoms with van der Waals surface area (Å²) in [4.78, 5) is 25.6. The normalized spacial score (nSPS) is 16.2. The molecule has 0 aromatic carbocycles. The highest BCUT2D eigenvalue weighted by Gasteiger charge is 2.23. The van der Waals surface area contributed by atoms with Gasteiger partial charge in [0.15, 0.2) is 0 Å². The van der Waals surface area contributed by atoms with Crippen molar-refractivity contribution in [3.8, 4) is 0 Å². The second-order valence-corrected chi connectivity index (χ2v) is 4.94. The molecule has 0 atom stereocenters. The summed E-state index contributed by atoms with van der Waals surface area (Å²) in [5.41, 5.74) is 0. The predicted octanol–water partition coefficient (Wildman–Crippen LogP) is 0.108. The molecule has 2 heterocycles. The fourth-order valence-corrected chi connectivity index (χ4v) is 2.14. The molecule has 8 nitrogen and oxygen atoms in total. The van der Waals surface area contributed by atoms with Crippen molar-refractivity contribution in [3.05, 3.63) is 5.82 Å². The Hall–Kier alpha value is -1.99. The quantitative estimate of drug-likeness (QED) is 0.727. The number of hydrogen-bond donors (Lipinski definition) is 0. The molecule has 1 aliphatic rings. The summed E-state index contributed by atoms with van der Waals surface area (Å²) in [7, 11) is 0. The van der Waals surface area contributed by atoms with Gasteiger partial charge in [0.05, 0.1) is 6.61 Å². The zero-order valence-corrected chi connectivity index (χ0v) is 11.8. The van der Waals surface area contributed by atoms with Crippen molar-refractivity contribution >= 4 is 11.9 Å². The molecular weight excluding hydrogens is 262 g/mol. The van der Waals surface area contributed by atoms with E-state index in [0.29, 0.717) is 5.92 Å². The van der Waals surface area contributed by atoms with Gasteiger partial charge in [0.25, 0.3) is 5.82 Å². The maximum absolute atomic E-state index is 12.2. The number of amides is 1. The van der Waals surface area contributed by atoms with E-state index in [0.717, 1.165) is 25.9 Å². The van der Waals surface area contributed by atoms with Crippen LogP contribution in [0, 0.1) is 5.92 Å². The van der Waals surface area contributed by atoms with Crippen molar-refractivity contribution in [1.82, 2.24) is 25.1 Å². The number of rotatable bonds is 4. The molecule has 0 N–H and O–H groups in total. The Kier molecular flexibility index (Phi) is 4.65. The summed E-state index contributed by atoms with van der Waals surface area (Å²) in [5.74, 6) is -0.0694. The molecular formula is C12H19N5O3. The van der Waals surface area contributed by atoms with Crippen LogP contribution < -0.4 is 0 Å². The molecule has 0 spiro atoms. The number of nitrogens with zero attached hydrogens (tertiary/aromatic N) is 5. The minimum Gasteiger partial charge on any atom is -0.460 e. The van der Waals surface area contributed by atoms with Crippen LogP contribution in [0.2, 0.25) is 0 Å². The lowest BCUT2D eigenvalue weighted by atomic mass is 9.99. The summed E-state index contributed by atoms with van der Waals surface area (Å²) >= 11 is 0. The lowest BCUT2D eigenvalue weighted by Crippen LogP contribution is -2.40. The summed E-state index contributed by atoms with van der Waals surface area (Å²) in [6.45, 7) is 5.58. The number of tetrazole rings is 1. The van der Waals surface area contributed by atoms with Crippen LogP contribution in [0.3, 0.4) is 0 Å². The van der Waals surface area contributed by atoms with Crippen LogP contribution in [-0.2, 0) is 16.1 Å². The SMILES string of the molecule is CCOC(=O)c1nnnn1CC(=O)N1CCC(C)CC1. The third-order valence-corrected chi connectivity index (χ3v) is 3.41. The summed E-state index contributed by atoms with van der Waals surface area (Å²) in [6.07, 6.45) is 2.01. The first-order valence-corrected chi connectivity index (χ1v) is 6.83. The monoisotopic (exact) mass is 281 g/mol. The molecule has 110 valence electrons. The van der Waals surface area contributed by atoms with Crippen LogP contribution >= 0.6 is 0 Å². The number of ether oxygens (including phenoxy) is 1. The third kappa shape index (κ3) is 3.31. The fraction of sp³-hybridized carbons (Fsp3) is 0.750. The van der Waals surface area contributed by atoms with Crippen molar-refractivity contribution in [2.24, 2.45) is 5.92 Å². The van der Waals surface area contributed by atoms with Crippen LogP contribution in [0.1, 0.15) is 37.3 Å². The first kappa shape index (κ1) is 14.4. The lowest BCUT2D eigenvalue weighted by Gasteiger charge is -2.30. The van der Waals surface area contributed by atoms with E-state index in [9.17, 15) is 9.59 Å². The number of esters is 1. The zero-order chi connectivity index (χ0) is 14.5. The number of aromatic nitrogens is 4. The molecule has 1 saturated heterocycles. The van der Waals surface area contributed by atoms with E-state index in [-0.39, 0.29) is 24.9 Å². The molecule has 1 fully saturated rings. The topological polar surface area (TPSA) is 90.2 Å². The highest BCUT2D eigenvalue weighted by atomic mass is 16.5. The van der Waals surface area contributed by atoms with Gasteiger partial charge in [-0.1, -0.05) is 6.92 Å². The first-order valence-electron chi connectivity index (χ1n) is 6.83. The maximum atomic E-state index is 12.2. The number of carbonyl (C=O) groups excluding carboxylic acids is 2. The molecule has 0 aliphatic carbocycles. The van der Waals surface area contributed by atoms with Gasteiger partial charge in [-0.05, 0) is 36.1 Å². The standard InChI is InChI=1S/C12H19N5O3/c1-3-20-12(19)11-13-14-15-17(11)8-10(18)16-6-4-9(2)5-7-16/h9H,3-8H2,1-2H3. The Balaban J connectivity index is 1.98. The van der Waals surface area contributed by atoms with E-state index in [1.165, 1.54) is 4.68 Å². The van der Waals surface area contributed by atoms with Crippen LogP contribution in [0.15, 0.2) is 0 Å². The lowest BCUT2D eigenvalue weighted by molar-refractivity contribution is -0.133. The van der Waals surface area contributed by atoms with Crippen LogP contribution in [0.5, 0.6) is 0 Å². The average Bonchev–Trinajstić information content (AvgIpc) is 2.88. The van der Waals surface area contributed by atoms with Gasteiger partial charge in [-0.2, -0.15) is 0 Å². The molecule has 0 unspecified atom stereocenters. The average molecular weight is 281 g/mol. The Morgan fingerprint density at radius 2 is 2.05 bits per heavy atom. The Labute approximate surface area is 117 Å². The summed E-state index contributed by atoms with van der Waals surface area (Å²) < 4.78 is 6.03. The molecule has 8 heteroatoms. The van der Waals surface area contributed by atoms with Gasteiger partial charge >= 0.3 is 5.97 Å². The minimum absolute atomic E-state index is 0.0322. The van der Waals surface area contributed by atoms with Crippen molar-refractivity contribution in [3.63, 3.8) is 0 Å². The highest BCUT2D eigenvalue weighted by molar-refractivity contribution is 5.86. The van der Waals surface area contributed by atoms with Crippen molar-refractivity contribution in [2.75, 3.05) is 19.7 Å². The largest absolute Gasteiger partial charge is 0.460 e. The van der Waals surface area contributed by atoms with E-state index < -0.39 is 5.97 Å². The Morgan fingerprint density at radius 1 is 1.35 bits per heavy atom. The number of piperidine rings is 1.